The lowest BCUT2D eigenvalue weighted by Crippen LogP contribution is -2.10. The molecule has 0 aliphatic rings. The van der Waals surface area contributed by atoms with Crippen LogP contribution in [0.1, 0.15) is 32.2 Å². The Balaban J connectivity index is 2.72. The molecule has 1 heterocycles. The van der Waals surface area contributed by atoms with Crippen LogP contribution < -0.4 is 0 Å². The normalized spacial score (nSPS) is 12.3. The maximum atomic E-state index is 13.3. The van der Waals surface area contributed by atoms with E-state index < -0.39 is 0 Å². The van der Waals surface area contributed by atoms with Gasteiger partial charge in [-0.3, -0.25) is 0 Å². The zero-order chi connectivity index (χ0) is 11.2. The monoisotopic (exact) mass is 207 g/mol. The summed E-state index contributed by atoms with van der Waals surface area (Å²) in [6.07, 6.45) is 0. The molecule has 1 aromatic carbocycles. The van der Waals surface area contributed by atoms with Crippen molar-refractivity contribution in [2.45, 2.75) is 33.1 Å². The highest BCUT2D eigenvalue weighted by molar-refractivity contribution is 5.76. The lowest BCUT2D eigenvalue weighted by atomic mass is 9.97. The smallest absolute Gasteiger partial charge is 0.200 e. The second-order valence-corrected chi connectivity index (χ2v) is 4.79. The van der Waals surface area contributed by atoms with Crippen LogP contribution in [0.3, 0.4) is 0 Å². The molecule has 2 aromatic rings. The van der Waals surface area contributed by atoms with E-state index >= 15 is 0 Å². The van der Waals surface area contributed by atoms with Gasteiger partial charge in [0.2, 0.25) is 5.89 Å². The minimum Gasteiger partial charge on any atom is -0.440 e. The van der Waals surface area contributed by atoms with Crippen molar-refractivity contribution in [3.05, 3.63) is 29.4 Å². The third-order valence-electron chi connectivity index (χ3n) is 2.38. The van der Waals surface area contributed by atoms with E-state index in [-0.39, 0.29) is 11.2 Å². The van der Waals surface area contributed by atoms with Crippen LogP contribution in [-0.2, 0) is 5.41 Å². The molecular formula is C12H14FNO. The molecule has 0 saturated carbocycles. The maximum absolute atomic E-state index is 13.3. The second kappa shape index (κ2) is 3.05. The van der Waals surface area contributed by atoms with Gasteiger partial charge in [-0.05, 0) is 19.1 Å². The molecule has 0 radical (unpaired) electrons. The zero-order valence-corrected chi connectivity index (χ0v) is 9.39. The third-order valence-corrected chi connectivity index (χ3v) is 2.38. The standard InChI is InChI=1S/C12H14FNO/c1-7-8(13)5-6-9-10(7)15-11(14-9)12(2,3)4/h5-6H,1-4H3. The summed E-state index contributed by atoms with van der Waals surface area (Å²) in [7, 11) is 0. The summed E-state index contributed by atoms with van der Waals surface area (Å²) in [5, 5.41) is 0. The van der Waals surface area contributed by atoms with Gasteiger partial charge in [-0.2, -0.15) is 0 Å². The highest BCUT2D eigenvalue weighted by Crippen LogP contribution is 2.28. The molecule has 0 aliphatic carbocycles. The van der Waals surface area contributed by atoms with E-state index in [1.807, 2.05) is 20.8 Å². The van der Waals surface area contributed by atoms with E-state index in [0.29, 0.717) is 17.0 Å². The van der Waals surface area contributed by atoms with Crippen molar-refractivity contribution < 1.29 is 8.81 Å². The molecule has 0 fully saturated rings. The van der Waals surface area contributed by atoms with Crippen molar-refractivity contribution >= 4 is 11.1 Å². The Bertz CT molecular complexity index is 508. The van der Waals surface area contributed by atoms with Crippen molar-refractivity contribution in [1.82, 2.24) is 4.98 Å². The Kier molecular flexibility index (Phi) is 2.07. The van der Waals surface area contributed by atoms with E-state index in [4.69, 9.17) is 4.42 Å². The first kappa shape index (κ1) is 10.1. The third kappa shape index (κ3) is 1.62. The number of nitrogens with zero attached hydrogens (tertiary/aromatic N) is 1. The van der Waals surface area contributed by atoms with Crippen molar-refractivity contribution in [3.8, 4) is 0 Å². The Morgan fingerprint density at radius 2 is 1.93 bits per heavy atom. The van der Waals surface area contributed by atoms with Gasteiger partial charge in [0.15, 0.2) is 5.58 Å². The summed E-state index contributed by atoms with van der Waals surface area (Å²) in [4.78, 5) is 4.35. The first-order chi connectivity index (χ1) is 6.89. The van der Waals surface area contributed by atoms with E-state index in [9.17, 15) is 4.39 Å². The first-order valence-electron chi connectivity index (χ1n) is 4.96. The number of aromatic nitrogens is 1. The van der Waals surface area contributed by atoms with Crippen LogP contribution in [0.2, 0.25) is 0 Å². The SMILES string of the molecule is Cc1c(F)ccc2nc(C(C)(C)C)oc12. The minimum atomic E-state index is -0.251. The summed E-state index contributed by atoms with van der Waals surface area (Å²) in [5.41, 5.74) is 1.65. The molecule has 3 heteroatoms. The number of rotatable bonds is 0. The van der Waals surface area contributed by atoms with Gasteiger partial charge in [-0.15, -0.1) is 0 Å². The molecule has 0 N–H and O–H groups in total. The van der Waals surface area contributed by atoms with Gasteiger partial charge in [0.25, 0.3) is 0 Å². The largest absolute Gasteiger partial charge is 0.440 e. The molecule has 0 unspecified atom stereocenters. The van der Waals surface area contributed by atoms with Crippen LogP contribution in [0.15, 0.2) is 16.5 Å². The topological polar surface area (TPSA) is 26.0 Å². The number of hydrogen-bond acceptors (Lipinski definition) is 2. The first-order valence-corrected chi connectivity index (χ1v) is 4.96. The van der Waals surface area contributed by atoms with Crippen LogP contribution in [-0.4, -0.2) is 4.98 Å². The van der Waals surface area contributed by atoms with E-state index in [0.717, 1.165) is 5.52 Å². The number of aryl methyl sites for hydroxylation is 1. The molecule has 0 amide bonds. The molecule has 2 nitrogen and oxygen atoms in total. The molecule has 0 aliphatic heterocycles. The van der Waals surface area contributed by atoms with Crippen molar-refractivity contribution in [3.63, 3.8) is 0 Å². The average molecular weight is 207 g/mol. The fourth-order valence-corrected chi connectivity index (χ4v) is 1.42. The van der Waals surface area contributed by atoms with Gasteiger partial charge in [0.1, 0.15) is 11.3 Å². The van der Waals surface area contributed by atoms with Gasteiger partial charge in [-0.1, -0.05) is 20.8 Å². The van der Waals surface area contributed by atoms with Crippen LogP contribution in [0.5, 0.6) is 0 Å². The molecule has 0 spiro atoms. The van der Waals surface area contributed by atoms with Gasteiger partial charge in [0.05, 0.1) is 0 Å². The Labute approximate surface area is 88.1 Å². The van der Waals surface area contributed by atoms with Crippen LogP contribution in [0.4, 0.5) is 4.39 Å². The predicted molar refractivity (Wildman–Crippen MR) is 57.4 cm³/mol. The zero-order valence-electron chi connectivity index (χ0n) is 9.39. The molecule has 1 aromatic heterocycles. The van der Waals surface area contributed by atoms with Crippen LogP contribution in [0, 0.1) is 12.7 Å². The molecule has 15 heavy (non-hydrogen) atoms. The highest BCUT2D eigenvalue weighted by Gasteiger charge is 2.21. The predicted octanol–water partition coefficient (Wildman–Crippen LogP) is 3.57. The Hall–Kier alpha value is -1.38. The summed E-state index contributed by atoms with van der Waals surface area (Å²) < 4.78 is 18.9. The van der Waals surface area contributed by atoms with Gasteiger partial charge < -0.3 is 4.42 Å². The number of benzene rings is 1. The molecule has 0 saturated heterocycles. The van der Waals surface area contributed by atoms with Crippen molar-refractivity contribution in [2.24, 2.45) is 0 Å². The summed E-state index contributed by atoms with van der Waals surface area (Å²) in [5.74, 6) is 0.394. The van der Waals surface area contributed by atoms with E-state index in [1.165, 1.54) is 6.07 Å². The lowest BCUT2D eigenvalue weighted by molar-refractivity contribution is 0.409. The number of fused-ring (bicyclic) bond motifs is 1. The van der Waals surface area contributed by atoms with Crippen molar-refractivity contribution in [1.29, 1.82) is 0 Å². The van der Waals surface area contributed by atoms with E-state index in [2.05, 4.69) is 4.98 Å². The summed E-state index contributed by atoms with van der Waals surface area (Å²) in [6, 6.07) is 3.07. The quantitative estimate of drug-likeness (QED) is 0.660. The number of hydrogen-bond donors (Lipinski definition) is 0. The average Bonchev–Trinajstić information content (AvgIpc) is 2.55. The molecule has 0 bridgehead atoms. The summed E-state index contributed by atoms with van der Waals surface area (Å²) in [6.45, 7) is 7.76. The number of halogens is 1. The van der Waals surface area contributed by atoms with Gasteiger partial charge in [0, 0.05) is 11.0 Å². The molecule has 0 atom stereocenters. The van der Waals surface area contributed by atoms with Crippen LogP contribution in [0.25, 0.3) is 11.1 Å². The Morgan fingerprint density at radius 3 is 2.53 bits per heavy atom. The van der Waals surface area contributed by atoms with E-state index in [1.54, 1.807) is 13.0 Å². The maximum Gasteiger partial charge on any atom is 0.200 e. The molecule has 2 rings (SSSR count). The Morgan fingerprint density at radius 1 is 1.27 bits per heavy atom. The molecule has 80 valence electrons. The van der Waals surface area contributed by atoms with Gasteiger partial charge >= 0.3 is 0 Å². The van der Waals surface area contributed by atoms with Gasteiger partial charge in [-0.25, -0.2) is 9.37 Å². The highest BCUT2D eigenvalue weighted by atomic mass is 19.1. The minimum absolute atomic E-state index is 0.151. The van der Waals surface area contributed by atoms with Crippen molar-refractivity contribution in [2.75, 3.05) is 0 Å². The fourth-order valence-electron chi connectivity index (χ4n) is 1.42. The van der Waals surface area contributed by atoms with Crippen LogP contribution >= 0.6 is 0 Å². The fraction of sp³-hybridized carbons (Fsp3) is 0.417. The number of oxazole rings is 1. The molecular weight excluding hydrogens is 193 g/mol. The lowest BCUT2D eigenvalue weighted by Gasteiger charge is -2.11. The summed E-state index contributed by atoms with van der Waals surface area (Å²) >= 11 is 0. The second-order valence-electron chi connectivity index (χ2n) is 4.79.